The van der Waals surface area contributed by atoms with Gasteiger partial charge in [0.1, 0.15) is 12.4 Å². The lowest BCUT2D eigenvalue weighted by Gasteiger charge is -2.14. The maximum Gasteiger partial charge on any atom is 0.214 e. The predicted octanol–water partition coefficient (Wildman–Crippen LogP) is 1.17. The van der Waals surface area contributed by atoms with E-state index in [1.807, 2.05) is 12.1 Å². The largest absolute Gasteiger partial charge is 0.492 e. The van der Waals surface area contributed by atoms with E-state index in [2.05, 4.69) is 6.07 Å². The Balaban J connectivity index is 1.81. The van der Waals surface area contributed by atoms with Gasteiger partial charge in [0.15, 0.2) is 0 Å². The van der Waals surface area contributed by atoms with Gasteiger partial charge in [0.25, 0.3) is 0 Å². The molecule has 0 atom stereocenters. The first-order chi connectivity index (χ1) is 9.12. The Bertz CT molecular complexity index is 561. The molecule has 1 aromatic carbocycles. The number of rotatable bonds is 5. The van der Waals surface area contributed by atoms with E-state index in [9.17, 15) is 8.42 Å². The van der Waals surface area contributed by atoms with Gasteiger partial charge in [-0.3, -0.25) is 0 Å². The molecule has 0 aliphatic carbocycles. The minimum atomic E-state index is -3.04. The monoisotopic (exact) mass is 280 g/mol. The highest BCUT2D eigenvalue weighted by molar-refractivity contribution is 7.89. The summed E-state index contributed by atoms with van der Waals surface area (Å²) in [6.07, 6.45) is 1.08. The van der Waals surface area contributed by atoms with Crippen molar-refractivity contribution < 1.29 is 13.2 Å². The molecule has 1 aliphatic rings. The number of benzene rings is 1. The van der Waals surface area contributed by atoms with Crippen LogP contribution in [0.5, 0.6) is 5.75 Å². The van der Waals surface area contributed by atoms with Gasteiger partial charge < -0.3 is 4.74 Å². The second-order valence-corrected chi connectivity index (χ2v) is 6.48. The lowest BCUT2D eigenvalue weighted by atomic mass is 10.2. The Morgan fingerprint density at radius 1 is 1.32 bits per heavy atom. The van der Waals surface area contributed by atoms with E-state index in [-0.39, 0.29) is 5.75 Å². The normalized spacial score (nSPS) is 18.1. The van der Waals surface area contributed by atoms with Crippen LogP contribution in [-0.4, -0.2) is 38.2 Å². The topological polar surface area (TPSA) is 70.4 Å². The van der Waals surface area contributed by atoms with Crippen LogP contribution in [0, 0.1) is 11.3 Å². The lowest BCUT2D eigenvalue weighted by Crippen LogP contribution is -2.30. The fraction of sp³-hybridized carbons (Fsp3) is 0.462. The molecule has 0 amide bonds. The van der Waals surface area contributed by atoms with Crippen LogP contribution in [0.1, 0.15) is 12.0 Å². The Morgan fingerprint density at radius 2 is 2.05 bits per heavy atom. The summed E-state index contributed by atoms with van der Waals surface area (Å²) in [4.78, 5) is 0. The third-order valence-corrected chi connectivity index (χ3v) is 4.98. The number of nitriles is 1. The van der Waals surface area contributed by atoms with Crippen LogP contribution in [0.2, 0.25) is 0 Å². The van der Waals surface area contributed by atoms with Crippen molar-refractivity contribution in [2.24, 2.45) is 0 Å². The number of ether oxygens (including phenoxy) is 1. The highest BCUT2D eigenvalue weighted by Gasteiger charge is 2.27. The van der Waals surface area contributed by atoms with Crippen LogP contribution in [0.25, 0.3) is 0 Å². The standard InChI is InChI=1S/C13H16N2O3S/c14-7-6-12-2-4-13(5-3-12)18-10-9-15-8-1-11-19(15,16)17/h2-5H,1,6,8-11H2. The van der Waals surface area contributed by atoms with E-state index in [1.54, 1.807) is 12.1 Å². The first kappa shape index (κ1) is 13.8. The zero-order valence-electron chi connectivity index (χ0n) is 10.6. The summed E-state index contributed by atoms with van der Waals surface area (Å²) in [6.45, 7) is 1.33. The smallest absolute Gasteiger partial charge is 0.214 e. The molecule has 0 radical (unpaired) electrons. The molecule has 1 saturated heterocycles. The van der Waals surface area contributed by atoms with Gasteiger partial charge >= 0.3 is 0 Å². The number of hydrogen-bond donors (Lipinski definition) is 0. The SMILES string of the molecule is N#CCc1ccc(OCCN2CCCS2(=O)=O)cc1. The molecule has 1 aliphatic heterocycles. The quantitative estimate of drug-likeness (QED) is 0.811. The number of nitrogens with zero attached hydrogens (tertiary/aromatic N) is 2. The molecule has 0 bridgehead atoms. The molecular weight excluding hydrogens is 264 g/mol. The molecule has 0 spiro atoms. The molecular formula is C13H16N2O3S. The van der Waals surface area contributed by atoms with E-state index in [4.69, 9.17) is 10.00 Å². The van der Waals surface area contributed by atoms with Crippen molar-refractivity contribution in [1.82, 2.24) is 4.31 Å². The van der Waals surface area contributed by atoms with Gasteiger partial charge in [-0.2, -0.15) is 9.57 Å². The van der Waals surface area contributed by atoms with Crippen molar-refractivity contribution in [3.05, 3.63) is 29.8 Å². The predicted molar refractivity (Wildman–Crippen MR) is 71.2 cm³/mol. The van der Waals surface area contributed by atoms with Gasteiger partial charge in [-0.05, 0) is 24.1 Å². The van der Waals surface area contributed by atoms with Crippen molar-refractivity contribution in [2.75, 3.05) is 25.4 Å². The average Bonchev–Trinajstić information content (AvgIpc) is 2.71. The average molecular weight is 280 g/mol. The molecule has 0 saturated carbocycles. The summed E-state index contributed by atoms with van der Waals surface area (Å²) in [5.74, 6) is 0.939. The molecule has 19 heavy (non-hydrogen) atoms. The summed E-state index contributed by atoms with van der Waals surface area (Å²) in [5.41, 5.74) is 0.942. The van der Waals surface area contributed by atoms with Crippen molar-refractivity contribution in [3.63, 3.8) is 0 Å². The first-order valence-electron chi connectivity index (χ1n) is 6.18. The van der Waals surface area contributed by atoms with Gasteiger partial charge in [-0.1, -0.05) is 12.1 Å². The Hall–Kier alpha value is -1.58. The fourth-order valence-electron chi connectivity index (χ4n) is 2.00. The maximum absolute atomic E-state index is 11.6. The van der Waals surface area contributed by atoms with E-state index >= 15 is 0 Å². The molecule has 5 nitrogen and oxygen atoms in total. The van der Waals surface area contributed by atoms with E-state index in [0.717, 1.165) is 5.56 Å². The second-order valence-electron chi connectivity index (χ2n) is 4.40. The summed E-state index contributed by atoms with van der Waals surface area (Å²) in [5, 5.41) is 8.56. The Kier molecular flexibility index (Phi) is 4.40. The Labute approximate surface area is 113 Å². The zero-order valence-corrected chi connectivity index (χ0v) is 11.4. The van der Waals surface area contributed by atoms with Gasteiger partial charge in [-0.25, -0.2) is 8.42 Å². The molecule has 1 heterocycles. The van der Waals surface area contributed by atoms with Gasteiger partial charge in [0.05, 0.1) is 18.2 Å². The molecule has 0 aromatic heterocycles. The van der Waals surface area contributed by atoms with E-state index < -0.39 is 10.0 Å². The van der Waals surface area contributed by atoms with Gasteiger partial charge in [0, 0.05) is 13.1 Å². The number of sulfonamides is 1. The molecule has 0 N–H and O–H groups in total. The molecule has 0 unspecified atom stereocenters. The van der Waals surface area contributed by atoms with Crippen LogP contribution < -0.4 is 4.74 Å². The second kappa shape index (κ2) is 6.04. The molecule has 2 rings (SSSR count). The van der Waals surface area contributed by atoms with E-state index in [1.165, 1.54) is 4.31 Å². The Morgan fingerprint density at radius 3 is 2.63 bits per heavy atom. The van der Waals surface area contributed by atoms with Crippen LogP contribution >= 0.6 is 0 Å². The van der Waals surface area contributed by atoms with Crippen LogP contribution in [0.3, 0.4) is 0 Å². The zero-order chi connectivity index (χ0) is 13.7. The van der Waals surface area contributed by atoms with Gasteiger partial charge in [-0.15, -0.1) is 0 Å². The summed E-state index contributed by atoms with van der Waals surface area (Å²) >= 11 is 0. The number of hydrogen-bond acceptors (Lipinski definition) is 4. The highest BCUT2D eigenvalue weighted by atomic mass is 32.2. The van der Waals surface area contributed by atoms with Crippen LogP contribution in [0.15, 0.2) is 24.3 Å². The minimum absolute atomic E-state index is 0.246. The first-order valence-corrected chi connectivity index (χ1v) is 7.79. The molecule has 102 valence electrons. The minimum Gasteiger partial charge on any atom is -0.492 e. The van der Waals surface area contributed by atoms with E-state index in [0.29, 0.717) is 38.3 Å². The highest BCUT2D eigenvalue weighted by Crippen LogP contribution is 2.15. The van der Waals surface area contributed by atoms with Crippen molar-refractivity contribution >= 4 is 10.0 Å². The summed E-state index contributed by atoms with van der Waals surface area (Å²) < 4.78 is 30.1. The van der Waals surface area contributed by atoms with Crippen molar-refractivity contribution in [2.45, 2.75) is 12.8 Å². The van der Waals surface area contributed by atoms with Crippen LogP contribution in [0.4, 0.5) is 0 Å². The summed E-state index contributed by atoms with van der Waals surface area (Å²) in [7, 11) is -3.04. The third-order valence-electron chi connectivity index (χ3n) is 3.02. The molecule has 1 aromatic rings. The van der Waals surface area contributed by atoms with Crippen molar-refractivity contribution in [1.29, 1.82) is 5.26 Å². The van der Waals surface area contributed by atoms with Crippen molar-refractivity contribution in [3.8, 4) is 11.8 Å². The fourth-order valence-corrected chi connectivity index (χ4v) is 3.51. The summed E-state index contributed by atoms with van der Waals surface area (Å²) in [6, 6.07) is 9.35. The lowest BCUT2D eigenvalue weighted by molar-refractivity contribution is 0.279. The maximum atomic E-state index is 11.6. The van der Waals surface area contributed by atoms with Crippen LogP contribution in [-0.2, 0) is 16.4 Å². The van der Waals surface area contributed by atoms with Gasteiger partial charge in [0.2, 0.25) is 10.0 Å². The molecule has 6 heteroatoms. The third kappa shape index (κ3) is 3.69. The molecule has 1 fully saturated rings.